The molecule has 0 aliphatic carbocycles. The molecule has 0 radical (unpaired) electrons. The van der Waals surface area contributed by atoms with Crippen molar-refractivity contribution in [2.75, 3.05) is 5.32 Å². The second-order valence-electron chi connectivity index (χ2n) is 6.30. The first-order chi connectivity index (χ1) is 11.7. The van der Waals surface area contributed by atoms with E-state index in [1.807, 2.05) is 26.8 Å². The van der Waals surface area contributed by atoms with Gasteiger partial charge < -0.3 is 15.8 Å². The number of nitrogens with two attached hydrogens (primary N) is 1. The Labute approximate surface area is 148 Å². The maximum atomic E-state index is 12.5. The van der Waals surface area contributed by atoms with Gasteiger partial charge in [0.25, 0.3) is 5.91 Å². The topological polar surface area (TPSA) is 81.4 Å². The predicted octanol–water partition coefficient (Wildman–Crippen LogP) is 3.43. The maximum absolute atomic E-state index is 12.5. The van der Waals surface area contributed by atoms with Gasteiger partial charge in [-0.25, -0.2) is 0 Å². The molecule has 5 heteroatoms. The van der Waals surface area contributed by atoms with E-state index < -0.39 is 12.0 Å². The van der Waals surface area contributed by atoms with Crippen LogP contribution in [0.25, 0.3) is 0 Å². The third-order valence-electron chi connectivity index (χ3n) is 4.29. The minimum absolute atomic E-state index is 0.289. The summed E-state index contributed by atoms with van der Waals surface area (Å²) in [6.45, 7) is 9.41. The van der Waals surface area contributed by atoms with E-state index in [0.717, 1.165) is 16.7 Å². The fourth-order valence-electron chi connectivity index (χ4n) is 2.64. The highest BCUT2D eigenvalue weighted by Gasteiger charge is 2.18. The van der Waals surface area contributed by atoms with Crippen LogP contribution in [0.3, 0.4) is 0 Å². The SMILES string of the molecule is Cc1cc(C)c(C)c(OC(C)C(=O)Nc2cccc(C(N)=O)c2C)c1. The number of aryl methyl sites for hydroxylation is 2. The van der Waals surface area contributed by atoms with Crippen LogP contribution in [0.15, 0.2) is 30.3 Å². The Bertz CT molecular complexity index is 828. The fourth-order valence-corrected chi connectivity index (χ4v) is 2.64. The zero-order valence-corrected chi connectivity index (χ0v) is 15.3. The van der Waals surface area contributed by atoms with Gasteiger partial charge in [-0.05, 0) is 75.1 Å². The smallest absolute Gasteiger partial charge is 0.265 e. The zero-order valence-electron chi connectivity index (χ0n) is 15.3. The molecule has 0 aliphatic rings. The first kappa shape index (κ1) is 18.5. The van der Waals surface area contributed by atoms with Crippen LogP contribution in [0.4, 0.5) is 5.69 Å². The summed E-state index contributed by atoms with van der Waals surface area (Å²) < 4.78 is 5.85. The maximum Gasteiger partial charge on any atom is 0.265 e. The van der Waals surface area contributed by atoms with Gasteiger partial charge in [-0.15, -0.1) is 0 Å². The second kappa shape index (κ2) is 7.38. The van der Waals surface area contributed by atoms with Crippen LogP contribution in [-0.4, -0.2) is 17.9 Å². The molecule has 2 amide bonds. The summed E-state index contributed by atoms with van der Waals surface area (Å²) in [5, 5.41) is 2.80. The Morgan fingerprint density at radius 3 is 2.40 bits per heavy atom. The number of carbonyl (C=O) groups is 2. The van der Waals surface area contributed by atoms with Gasteiger partial charge in [0.2, 0.25) is 5.91 Å². The summed E-state index contributed by atoms with van der Waals surface area (Å²) in [4.78, 5) is 23.9. The summed E-state index contributed by atoms with van der Waals surface area (Å²) in [5.74, 6) is -0.116. The number of ether oxygens (including phenoxy) is 1. The van der Waals surface area contributed by atoms with Gasteiger partial charge in [0.15, 0.2) is 6.10 Å². The first-order valence-corrected chi connectivity index (χ1v) is 8.15. The van der Waals surface area contributed by atoms with Crippen LogP contribution >= 0.6 is 0 Å². The third kappa shape index (κ3) is 4.18. The summed E-state index contributed by atoms with van der Waals surface area (Å²) in [6, 6.07) is 9.04. The largest absolute Gasteiger partial charge is 0.481 e. The second-order valence-corrected chi connectivity index (χ2v) is 6.30. The van der Waals surface area contributed by atoms with Crippen molar-refractivity contribution in [3.8, 4) is 5.75 Å². The molecule has 2 aromatic carbocycles. The summed E-state index contributed by atoms with van der Waals surface area (Å²) >= 11 is 0. The number of carbonyl (C=O) groups excluding carboxylic acids is 2. The van der Waals surface area contributed by atoms with E-state index in [1.54, 1.807) is 32.0 Å². The Morgan fingerprint density at radius 1 is 1.08 bits per heavy atom. The average Bonchev–Trinajstić information content (AvgIpc) is 2.53. The van der Waals surface area contributed by atoms with Crippen molar-refractivity contribution in [1.29, 1.82) is 0 Å². The van der Waals surface area contributed by atoms with E-state index >= 15 is 0 Å². The molecule has 1 atom stereocenters. The molecule has 5 nitrogen and oxygen atoms in total. The molecule has 0 bridgehead atoms. The Morgan fingerprint density at radius 2 is 1.76 bits per heavy atom. The summed E-state index contributed by atoms with van der Waals surface area (Å²) in [7, 11) is 0. The molecule has 2 rings (SSSR count). The van der Waals surface area contributed by atoms with Gasteiger partial charge in [-0.3, -0.25) is 9.59 Å². The van der Waals surface area contributed by atoms with Crippen LogP contribution in [0.1, 0.15) is 39.5 Å². The van der Waals surface area contributed by atoms with Crippen molar-refractivity contribution in [2.45, 2.75) is 40.7 Å². The first-order valence-electron chi connectivity index (χ1n) is 8.15. The van der Waals surface area contributed by atoms with Crippen LogP contribution in [0, 0.1) is 27.7 Å². The molecule has 0 saturated heterocycles. The van der Waals surface area contributed by atoms with E-state index in [1.165, 1.54) is 0 Å². The van der Waals surface area contributed by atoms with E-state index in [0.29, 0.717) is 22.6 Å². The molecular formula is C20H24N2O3. The van der Waals surface area contributed by atoms with E-state index in [2.05, 4.69) is 11.4 Å². The van der Waals surface area contributed by atoms with Gasteiger partial charge in [0.05, 0.1) is 0 Å². The lowest BCUT2D eigenvalue weighted by molar-refractivity contribution is -0.122. The molecule has 0 saturated carbocycles. The van der Waals surface area contributed by atoms with Crippen LogP contribution in [0.2, 0.25) is 0 Å². The quantitative estimate of drug-likeness (QED) is 0.875. The molecule has 0 spiro atoms. The van der Waals surface area contributed by atoms with Gasteiger partial charge in [0.1, 0.15) is 5.75 Å². The highest BCUT2D eigenvalue weighted by molar-refractivity contribution is 5.99. The minimum atomic E-state index is -0.684. The van der Waals surface area contributed by atoms with Crippen LogP contribution in [-0.2, 0) is 4.79 Å². The van der Waals surface area contributed by atoms with Gasteiger partial charge in [-0.1, -0.05) is 12.1 Å². The van der Waals surface area contributed by atoms with E-state index in [4.69, 9.17) is 10.5 Å². The molecule has 0 aliphatic heterocycles. The van der Waals surface area contributed by atoms with Gasteiger partial charge in [0, 0.05) is 11.3 Å². The zero-order chi connectivity index (χ0) is 18.7. The van der Waals surface area contributed by atoms with Crippen LogP contribution < -0.4 is 15.8 Å². The Kier molecular flexibility index (Phi) is 5.47. The number of rotatable bonds is 5. The Balaban J connectivity index is 2.17. The molecule has 0 heterocycles. The number of amides is 2. The highest BCUT2D eigenvalue weighted by atomic mass is 16.5. The minimum Gasteiger partial charge on any atom is -0.481 e. The number of hydrogen-bond acceptors (Lipinski definition) is 3. The van der Waals surface area contributed by atoms with Crippen molar-refractivity contribution < 1.29 is 14.3 Å². The number of primary amides is 1. The number of hydrogen-bond donors (Lipinski definition) is 2. The van der Waals surface area contributed by atoms with Gasteiger partial charge in [-0.2, -0.15) is 0 Å². The molecule has 132 valence electrons. The molecule has 0 fully saturated rings. The lowest BCUT2D eigenvalue weighted by atomic mass is 10.1. The van der Waals surface area contributed by atoms with E-state index in [9.17, 15) is 9.59 Å². The molecule has 2 aromatic rings. The van der Waals surface area contributed by atoms with Crippen molar-refractivity contribution in [1.82, 2.24) is 0 Å². The normalized spacial score (nSPS) is 11.7. The molecule has 1 unspecified atom stereocenters. The predicted molar refractivity (Wildman–Crippen MR) is 99.1 cm³/mol. The Hall–Kier alpha value is -2.82. The van der Waals surface area contributed by atoms with Crippen molar-refractivity contribution in [2.24, 2.45) is 5.73 Å². The third-order valence-corrected chi connectivity index (χ3v) is 4.29. The van der Waals surface area contributed by atoms with Crippen molar-refractivity contribution in [3.63, 3.8) is 0 Å². The van der Waals surface area contributed by atoms with Crippen LogP contribution in [0.5, 0.6) is 5.75 Å². The summed E-state index contributed by atoms with van der Waals surface area (Å²) in [6.07, 6.45) is -0.684. The van der Waals surface area contributed by atoms with Crippen molar-refractivity contribution >= 4 is 17.5 Å². The number of nitrogens with one attached hydrogen (secondary N) is 1. The van der Waals surface area contributed by atoms with Crippen molar-refractivity contribution in [3.05, 3.63) is 58.1 Å². The molecule has 0 aromatic heterocycles. The monoisotopic (exact) mass is 340 g/mol. The number of anilines is 1. The number of benzene rings is 2. The molecular weight excluding hydrogens is 316 g/mol. The lowest BCUT2D eigenvalue weighted by Gasteiger charge is -2.19. The van der Waals surface area contributed by atoms with E-state index in [-0.39, 0.29) is 5.91 Å². The van der Waals surface area contributed by atoms with Gasteiger partial charge >= 0.3 is 0 Å². The lowest BCUT2D eigenvalue weighted by Crippen LogP contribution is -2.31. The average molecular weight is 340 g/mol. The molecule has 3 N–H and O–H groups in total. The standard InChI is InChI=1S/C20H24N2O3/c1-11-9-12(2)13(3)18(10-11)25-15(5)20(24)22-17-8-6-7-16(14(17)4)19(21)23/h6-10,15H,1-5H3,(H2,21,23)(H,22,24). The fraction of sp³-hybridized carbons (Fsp3) is 0.300. The molecule has 25 heavy (non-hydrogen) atoms. The summed E-state index contributed by atoms with van der Waals surface area (Å²) in [5.41, 5.74) is 10.1. The highest BCUT2D eigenvalue weighted by Crippen LogP contribution is 2.25.